The lowest BCUT2D eigenvalue weighted by Crippen LogP contribution is -2.57. The maximum absolute atomic E-state index is 2.54. The Bertz CT molecular complexity index is 2430. The lowest BCUT2D eigenvalue weighted by atomic mass is 9.34. The smallest absolute Gasteiger partial charge is 0.245 e. The molecule has 0 spiro atoms. The van der Waals surface area contributed by atoms with Gasteiger partial charge in [0, 0.05) is 40.7 Å². The predicted molar refractivity (Wildman–Crippen MR) is 248 cm³/mol. The molecule has 3 aliphatic rings. The third kappa shape index (κ3) is 6.23. The molecule has 3 heterocycles. The maximum atomic E-state index is 2.54. The quantitative estimate of drug-likeness (QED) is 0.154. The Morgan fingerprint density at radius 2 is 0.737 bits per heavy atom. The van der Waals surface area contributed by atoms with Crippen LogP contribution in [-0.2, 0) is 0 Å². The molecule has 57 heavy (non-hydrogen) atoms. The van der Waals surface area contributed by atoms with E-state index in [2.05, 4.69) is 197 Å². The van der Waals surface area contributed by atoms with Crippen LogP contribution in [0.2, 0.25) is 0 Å². The minimum Gasteiger partial charge on any atom is -0.308 e. The molecule has 3 aliphatic heterocycles. The summed E-state index contributed by atoms with van der Waals surface area (Å²) in [6, 6.07) is 55.1. The van der Waals surface area contributed by atoms with Gasteiger partial charge < -0.3 is 9.80 Å². The minimum atomic E-state index is 0.0430. The number of anilines is 6. The number of para-hydroxylation sites is 4. The molecule has 0 aliphatic carbocycles. The van der Waals surface area contributed by atoms with E-state index in [1.165, 1.54) is 96.6 Å². The summed E-state index contributed by atoms with van der Waals surface area (Å²) >= 11 is 5.66. The van der Waals surface area contributed by atoms with Crippen molar-refractivity contribution in [3.05, 3.63) is 162 Å². The van der Waals surface area contributed by atoms with Gasteiger partial charge in [-0.15, -0.1) is 0 Å². The van der Waals surface area contributed by atoms with Gasteiger partial charge in [-0.05, 0) is 119 Å². The number of rotatable bonds is 6. The second-order valence-corrected chi connectivity index (χ2v) is 19.6. The number of benzene rings is 7. The van der Waals surface area contributed by atoms with Gasteiger partial charge in [-0.2, -0.15) is 0 Å². The summed E-state index contributed by atoms with van der Waals surface area (Å²) in [4.78, 5) is 12.8. The van der Waals surface area contributed by atoms with Gasteiger partial charge in [0.15, 0.2) is 0 Å². The summed E-state index contributed by atoms with van der Waals surface area (Å²) in [7, 11) is 0. The molecular formula is C51H45BN2S3. The average Bonchev–Trinajstić information content (AvgIpc) is 3.23. The molecule has 7 aromatic rings. The molecule has 0 saturated carbocycles. The highest BCUT2D eigenvalue weighted by molar-refractivity contribution is 8.00. The van der Waals surface area contributed by atoms with E-state index in [1.54, 1.807) is 0 Å². The second-order valence-electron chi connectivity index (χ2n) is 16.3. The molecule has 0 radical (unpaired) electrons. The van der Waals surface area contributed by atoms with Crippen molar-refractivity contribution >= 4 is 92.5 Å². The fourth-order valence-electron chi connectivity index (χ4n) is 8.89. The number of hydrogen-bond donors (Lipinski definition) is 0. The molecule has 0 fully saturated rings. The summed E-state index contributed by atoms with van der Waals surface area (Å²) in [6.07, 6.45) is 0. The lowest BCUT2D eigenvalue weighted by molar-refractivity contribution is 0.812. The van der Waals surface area contributed by atoms with Crippen molar-refractivity contribution in [3.8, 4) is 0 Å². The molecule has 0 bridgehead atoms. The summed E-state index contributed by atoms with van der Waals surface area (Å²) < 4.78 is 0. The standard InChI is InChI=1S/C51H45BN2S3/c1-31(2)34-27-37(32(3)4)51(38(28-34)33(5)6)52-39-29-35(53-41-15-7-11-19-47(41)56-48-20-12-8-16-42(48)53)23-25-45(39)55-46-26-24-36(30-40(46)52)54-43-17-9-13-21-49(43)57-50-22-14-10-18-44(50)54/h7-33H,1-6H3. The van der Waals surface area contributed by atoms with Gasteiger partial charge in [-0.25, -0.2) is 0 Å². The van der Waals surface area contributed by atoms with Crippen molar-refractivity contribution in [1.29, 1.82) is 0 Å². The zero-order valence-electron chi connectivity index (χ0n) is 33.3. The molecule has 280 valence electrons. The molecular weight excluding hydrogens is 748 g/mol. The molecule has 6 heteroatoms. The second kappa shape index (κ2) is 14.6. The third-order valence-corrected chi connectivity index (χ3v) is 15.1. The maximum Gasteiger partial charge on any atom is 0.245 e. The van der Waals surface area contributed by atoms with Gasteiger partial charge in [0.25, 0.3) is 0 Å². The minimum absolute atomic E-state index is 0.0430. The Morgan fingerprint density at radius 3 is 1.09 bits per heavy atom. The van der Waals surface area contributed by atoms with Crippen molar-refractivity contribution in [3.63, 3.8) is 0 Å². The Labute approximate surface area is 351 Å². The Balaban J connectivity index is 1.24. The van der Waals surface area contributed by atoms with Crippen molar-refractivity contribution < 1.29 is 0 Å². The van der Waals surface area contributed by atoms with Gasteiger partial charge in [0.05, 0.1) is 22.7 Å². The molecule has 0 amide bonds. The zero-order chi connectivity index (χ0) is 38.9. The van der Waals surface area contributed by atoms with Gasteiger partial charge in [0.2, 0.25) is 6.71 Å². The van der Waals surface area contributed by atoms with Crippen LogP contribution in [0.5, 0.6) is 0 Å². The highest BCUT2D eigenvalue weighted by Crippen LogP contribution is 2.53. The van der Waals surface area contributed by atoms with Crippen LogP contribution in [0.25, 0.3) is 0 Å². The van der Waals surface area contributed by atoms with Gasteiger partial charge in [0.1, 0.15) is 0 Å². The first-order valence-corrected chi connectivity index (χ1v) is 22.7. The summed E-state index contributed by atoms with van der Waals surface area (Å²) in [6.45, 7) is 14.3. The van der Waals surface area contributed by atoms with E-state index in [4.69, 9.17) is 0 Å². The molecule has 0 saturated heterocycles. The lowest BCUT2D eigenvalue weighted by Gasteiger charge is -2.36. The van der Waals surface area contributed by atoms with E-state index >= 15 is 0 Å². The van der Waals surface area contributed by atoms with Crippen molar-refractivity contribution in [2.45, 2.75) is 88.7 Å². The summed E-state index contributed by atoms with van der Waals surface area (Å²) in [5, 5.41) is 0. The van der Waals surface area contributed by atoms with Crippen LogP contribution in [0, 0.1) is 0 Å². The van der Waals surface area contributed by atoms with Crippen molar-refractivity contribution in [1.82, 2.24) is 0 Å². The Morgan fingerprint density at radius 1 is 0.386 bits per heavy atom. The molecule has 0 N–H and O–H groups in total. The van der Waals surface area contributed by atoms with Crippen LogP contribution in [0.4, 0.5) is 34.1 Å². The van der Waals surface area contributed by atoms with E-state index in [0.29, 0.717) is 17.8 Å². The van der Waals surface area contributed by atoms with Crippen LogP contribution in [0.3, 0.4) is 0 Å². The third-order valence-electron chi connectivity index (χ3n) is 11.7. The number of nitrogens with zero attached hydrogens (tertiary/aromatic N) is 2. The highest BCUT2D eigenvalue weighted by Gasteiger charge is 2.38. The highest BCUT2D eigenvalue weighted by atomic mass is 32.2. The molecule has 0 unspecified atom stereocenters. The summed E-state index contributed by atoms with van der Waals surface area (Å²) in [5.74, 6) is 1.17. The van der Waals surface area contributed by atoms with Crippen LogP contribution < -0.4 is 26.2 Å². The van der Waals surface area contributed by atoms with Crippen LogP contribution in [0.1, 0.15) is 76.0 Å². The van der Waals surface area contributed by atoms with E-state index in [0.717, 1.165) is 0 Å². The Kier molecular flexibility index (Phi) is 9.35. The van der Waals surface area contributed by atoms with Gasteiger partial charge in [-0.1, -0.05) is 154 Å². The first kappa shape index (κ1) is 36.6. The van der Waals surface area contributed by atoms with E-state index < -0.39 is 0 Å². The zero-order valence-corrected chi connectivity index (χ0v) is 35.7. The molecule has 0 atom stereocenters. The molecule has 10 rings (SSSR count). The first-order chi connectivity index (χ1) is 27.7. The normalized spacial score (nSPS) is 13.9. The van der Waals surface area contributed by atoms with Crippen LogP contribution in [0.15, 0.2) is 175 Å². The average molecular weight is 793 g/mol. The number of fused-ring (bicyclic) bond motifs is 6. The van der Waals surface area contributed by atoms with Crippen molar-refractivity contribution in [2.75, 3.05) is 9.80 Å². The van der Waals surface area contributed by atoms with Gasteiger partial charge >= 0.3 is 0 Å². The van der Waals surface area contributed by atoms with E-state index in [9.17, 15) is 0 Å². The number of hydrogen-bond acceptors (Lipinski definition) is 5. The van der Waals surface area contributed by atoms with E-state index in [1.807, 2.05) is 35.3 Å². The Hall–Kier alpha value is -4.75. The van der Waals surface area contributed by atoms with Crippen molar-refractivity contribution in [2.24, 2.45) is 0 Å². The SMILES string of the molecule is CC(C)c1cc(C(C)C)c(B2c3cc(N4c5ccccc5Sc5ccccc54)ccc3Sc3ccc(N4c5ccccc5Sc5ccccc54)cc32)c(C(C)C)c1. The molecule has 0 aromatic heterocycles. The fourth-order valence-corrected chi connectivity index (χ4v) is 12.1. The van der Waals surface area contributed by atoms with E-state index in [-0.39, 0.29) is 6.71 Å². The topological polar surface area (TPSA) is 6.48 Å². The summed E-state index contributed by atoms with van der Waals surface area (Å²) in [5.41, 5.74) is 15.9. The monoisotopic (exact) mass is 792 g/mol. The van der Waals surface area contributed by atoms with Crippen LogP contribution in [-0.4, -0.2) is 6.71 Å². The largest absolute Gasteiger partial charge is 0.308 e. The predicted octanol–water partition coefficient (Wildman–Crippen LogP) is 13.9. The first-order valence-electron chi connectivity index (χ1n) is 20.2. The van der Waals surface area contributed by atoms with Gasteiger partial charge in [-0.3, -0.25) is 0 Å². The van der Waals surface area contributed by atoms with Crippen LogP contribution >= 0.6 is 35.3 Å². The molecule has 2 nitrogen and oxygen atoms in total. The molecule has 7 aromatic carbocycles. The fraction of sp³-hybridized carbons (Fsp3) is 0.176.